The van der Waals surface area contributed by atoms with E-state index in [0.29, 0.717) is 16.9 Å². The van der Waals surface area contributed by atoms with Gasteiger partial charge in [-0.1, -0.05) is 29.5 Å². The van der Waals surface area contributed by atoms with E-state index in [9.17, 15) is 4.79 Å². The Labute approximate surface area is 167 Å². The molecule has 0 radical (unpaired) electrons. The number of aromatic nitrogens is 3. The summed E-state index contributed by atoms with van der Waals surface area (Å²) < 4.78 is 2.17. The Bertz CT molecular complexity index is 965. The SMILES string of the molecule is Cc1cc(C)c(-c2csc(NC(=O)CSc3nccn3C3CC3)n2)c(C)c1. The van der Waals surface area contributed by atoms with Crippen LogP contribution >= 0.6 is 23.1 Å². The third-order valence-corrected chi connectivity index (χ3v) is 6.33. The second-order valence-corrected chi connectivity index (χ2v) is 8.80. The number of rotatable bonds is 6. The molecule has 0 bridgehead atoms. The smallest absolute Gasteiger partial charge is 0.236 e. The average Bonchev–Trinajstić information content (AvgIpc) is 3.16. The summed E-state index contributed by atoms with van der Waals surface area (Å²) in [6.07, 6.45) is 6.21. The Morgan fingerprint density at radius 2 is 2.04 bits per heavy atom. The van der Waals surface area contributed by atoms with Gasteiger partial charge in [0.2, 0.25) is 5.91 Å². The fourth-order valence-electron chi connectivity index (χ4n) is 3.36. The predicted octanol–water partition coefficient (Wildman–Crippen LogP) is 5.00. The van der Waals surface area contributed by atoms with Crippen molar-refractivity contribution >= 4 is 34.1 Å². The molecule has 0 saturated heterocycles. The van der Waals surface area contributed by atoms with E-state index in [1.165, 1.54) is 52.6 Å². The molecule has 0 atom stereocenters. The Morgan fingerprint density at radius 3 is 2.74 bits per heavy atom. The summed E-state index contributed by atoms with van der Waals surface area (Å²) in [5.74, 6) is 0.282. The standard InChI is InChI=1S/C20H22N4OS2/c1-12-8-13(2)18(14(3)9-12)16-10-26-19(22-16)23-17(25)11-27-20-21-6-7-24(20)15-4-5-15/h6-10,15H,4-5,11H2,1-3H3,(H,22,23,25). The van der Waals surface area contributed by atoms with Crippen LogP contribution in [0.4, 0.5) is 5.13 Å². The van der Waals surface area contributed by atoms with Gasteiger partial charge in [-0.05, 0) is 44.7 Å². The molecule has 2 heterocycles. The highest BCUT2D eigenvalue weighted by atomic mass is 32.2. The highest BCUT2D eigenvalue weighted by Crippen LogP contribution is 2.37. The van der Waals surface area contributed by atoms with E-state index >= 15 is 0 Å². The number of thioether (sulfide) groups is 1. The number of hydrogen-bond acceptors (Lipinski definition) is 5. The maximum atomic E-state index is 12.3. The molecule has 1 aliphatic carbocycles. The van der Waals surface area contributed by atoms with Crippen LogP contribution in [0.3, 0.4) is 0 Å². The van der Waals surface area contributed by atoms with Crippen LogP contribution in [0.15, 0.2) is 35.1 Å². The van der Waals surface area contributed by atoms with Crippen LogP contribution < -0.4 is 5.32 Å². The second kappa shape index (κ2) is 7.48. The van der Waals surface area contributed by atoms with Crippen LogP contribution in [0.25, 0.3) is 11.3 Å². The summed E-state index contributed by atoms with van der Waals surface area (Å²) in [5.41, 5.74) is 5.73. The lowest BCUT2D eigenvalue weighted by Gasteiger charge is -2.08. The number of nitrogens with zero attached hydrogens (tertiary/aromatic N) is 3. The molecule has 1 N–H and O–H groups in total. The number of anilines is 1. The first kappa shape index (κ1) is 18.3. The first-order chi connectivity index (χ1) is 13.0. The monoisotopic (exact) mass is 398 g/mol. The molecule has 27 heavy (non-hydrogen) atoms. The van der Waals surface area contributed by atoms with E-state index in [1.807, 2.05) is 11.6 Å². The number of thiazole rings is 1. The van der Waals surface area contributed by atoms with Crippen LogP contribution in [-0.2, 0) is 4.79 Å². The molecule has 1 saturated carbocycles. The normalized spacial score (nSPS) is 13.7. The van der Waals surface area contributed by atoms with E-state index in [-0.39, 0.29) is 5.91 Å². The van der Waals surface area contributed by atoms with Gasteiger partial charge in [0.05, 0.1) is 11.4 Å². The quantitative estimate of drug-likeness (QED) is 0.594. The Balaban J connectivity index is 1.40. The van der Waals surface area contributed by atoms with Crippen LogP contribution in [0.5, 0.6) is 0 Å². The summed E-state index contributed by atoms with van der Waals surface area (Å²) >= 11 is 2.94. The van der Waals surface area contributed by atoms with Crippen LogP contribution in [-0.4, -0.2) is 26.2 Å². The van der Waals surface area contributed by atoms with Gasteiger partial charge in [0.25, 0.3) is 0 Å². The molecule has 5 nitrogen and oxygen atoms in total. The van der Waals surface area contributed by atoms with Crippen molar-refractivity contribution in [3.8, 4) is 11.3 Å². The molecule has 0 spiro atoms. The van der Waals surface area contributed by atoms with Gasteiger partial charge in [-0.3, -0.25) is 4.79 Å². The minimum absolute atomic E-state index is 0.0522. The lowest BCUT2D eigenvalue weighted by atomic mass is 9.98. The molecule has 0 aliphatic heterocycles. The fraction of sp³-hybridized carbons (Fsp3) is 0.350. The molecule has 4 rings (SSSR count). The van der Waals surface area contributed by atoms with Gasteiger partial charge in [0, 0.05) is 29.4 Å². The van der Waals surface area contributed by atoms with Gasteiger partial charge in [-0.25, -0.2) is 9.97 Å². The van der Waals surface area contributed by atoms with Crippen LogP contribution in [0.2, 0.25) is 0 Å². The van der Waals surface area contributed by atoms with Crippen LogP contribution in [0, 0.1) is 20.8 Å². The van der Waals surface area contributed by atoms with Gasteiger partial charge in [0.1, 0.15) is 0 Å². The number of imidazole rings is 1. The molecule has 0 unspecified atom stereocenters. The van der Waals surface area contributed by atoms with Gasteiger partial charge < -0.3 is 9.88 Å². The van der Waals surface area contributed by atoms with Crippen molar-refractivity contribution in [2.45, 2.75) is 44.8 Å². The Morgan fingerprint density at radius 1 is 1.30 bits per heavy atom. The molecule has 1 amide bonds. The predicted molar refractivity (Wildman–Crippen MR) is 112 cm³/mol. The van der Waals surface area contributed by atoms with Crippen molar-refractivity contribution < 1.29 is 4.79 Å². The number of carbonyl (C=O) groups excluding carboxylic acids is 1. The van der Waals surface area contributed by atoms with E-state index in [4.69, 9.17) is 0 Å². The van der Waals surface area contributed by atoms with E-state index < -0.39 is 0 Å². The number of aryl methyl sites for hydroxylation is 3. The molecular weight excluding hydrogens is 376 g/mol. The zero-order valence-corrected chi connectivity index (χ0v) is 17.3. The van der Waals surface area contributed by atoms with Gasteiger partial charge in [0.15, 0.2) is 10.3 Å². The zero-order chi connectivity index (χ0) is 19.0. The number of hydrogen-bond donors (Lipinski definition) is 1. The number of benzene rings is 1. The highest BCUT2D eigenvalue weighted by Gasteiger charge is 2.25. The zero-order valence-electron chi connectivity index (χ0n) is 15.7. The summed E-state index contributed by atoms with van der Waals surface area (Å²) in [4.78, 5) is 21.3. The maximum Gasteiger partial charge on any atom is 0.236 e. The number of carbonyl (C=O) groups is 1. The van der Waals surface area contributed by atoms with E-state index in [0.717, 1.165) is 16.4 Å². The second-order valence-electron chi connectivity index (χ2n) is 7.00. The van der Waals surface area contributed by atoms with Crippen molar-refractivity contribution in [2.24, 2.45) is 0 Å². The molecule has 7 heteroatoms. The Hall–Kier alpha value is -2.12. The summed E-state index contributed by atoms with van der Waals surface area (Å²) in [6.45, 7) is 6.31. The number of nitrogens with one attached hydrogen (secondary N) is 1. The molecule has 3 aromatic rings. The summed E-state index contributed by atoms with van der Waals surface area (Å²) in [5, 5.41) is 6.48. The largest absolute Gasteiger partial charge is 0.323 e. The summed E-state index contributed by atoms with van der Waals surface area (Å²) in [7, 11) is 0. The molecule has 140 valence electrons. The number of amides is 1. The minimum Gasteiger partial charge on any atom is -0.323 e. The minimum atomic E-state index is -0.0522. The average molecular weight is 399 g/mol. The van der Waals surface area contributed by atoms with Crippen molar-refractivity contribution in [3.05, 3.63) is 46.6 Å². The van der Waals surface area contributed by atoms with Gasteiger partial charge in [-0.2, -0.15) is 0 Å². The van der Waals surface area contributed by atoms with Crippen molar-refractivity contribution in [3.63, 3.8) is 0 Å². The topological polar surface area (TPSA) is 59.8 Å². The molecule has 1 fully saturated rings. The fourth-order valence-corrected chi connectivity index (χ4v) is 4.90. The molecule has 1 aliphatic rings. The van der Waals surface area contributed by atoms with Crippen LogP contribution in [0.1, 0.15) is 35.6 Å². The third kappa shape index (κ3) is 4.09. The first-order valence-corrected chi connectivity index (χ1v) is 10.9. The lowest BCUT2D eigenvalue weighted by Crippen LogP contribution is -2.14. The molecular formula is C20H22N4OS2. The van der Waals surface area contributed by atoms with E-state index in [1.54, 1.807) is 6.20 Å². The highest BCUT2D eigenvalue weighted by molar-refractivity contribution is 7.99. The van der Waals surface area contributed by atoms with Crippen molar-refractivity contribution in [1.82, 2.24) is 14.5 Å². The molecule has 2 aromatic heterocycles. The first-order valence-electron chi connectivity index (χ1n) is 9.00. The molecule has 1 aromatic carbocycles. The van der Waals surface area contributed by atoms with Gasteiger partial charge in [-0.15, -0.1) is 11.3 Å². The maximum absolute atomic E-state index is 12.3. The third-order valence-electron chi connectivity index (χ3n) is 4.59. The van der Waals surface area contributed by atoms with Crippen molar-refractivity contribution in [2.75, 3.05) is 11.1 Å². The van der Waals surface area contributed by atoms with Gasteiger partial charge >= 0.3 is 0 Å². The Kier molecular flexibility index (Phi) is 5.06. The van der Waals surface area contributed by atoms with E-state index in [2.05, 4.69) is 52.8 Å². The van der Waals surface area contributed by atoms with Crippen molar-refractivity contribution in [1.29, 1.82) is 0 Å². The summed E-state index contributed by atoms with van der Waals surface area (Å²) in [6, 6.07) is 4.90. The lowest BCUT2D eigenvalue weighted by molar-refractivity contribution is -0.113.